The normalized spacial score (nSPS) is 19.6. The number of hydrogen-bond acceptors (Lipinski definition) is 4. The Morgan fingerprint density at radius 3 is 2.55 bits per heavy atom. The Kier molecular flexibility index (Phi) is 4.98. The Balaban J connectivity index is 1.51. The predicted octanol–water partition coefficient (Wildman–Crippen LogP) is 3.79. The topological polar surface area (TPSA) is 71.4 Å². The summed E-state index contributed by atoms with van der Waals surface area (Å²) in [6, 6.07) is 15.0. The van der Waals surface area contributed by atoms with Crippen molar-refractivity contribution >= 4 is 28.8 Å². The second-order valence-electron chi connectivity index (χ2n) is 8.33. The maximum absolute atomic E-state index is 13.0. The molecule has 2 aromatic heterocycles. The molecule has 2 atom stereocenters. The molecule has 2 amide bonds. The lowest BCUT2D eigenvalue weighted by Gasteiger charge is -2.43. The van der Waals surface area contributed by atoms with Gasteiger partial charge in [0.15, 0.2) is 0 Å². The highest BCUT2D eigenvalue weighted by molar-refractivity contribution is 7.12. The smallest absolute Gasteiger partial charge is 0.263 e. The highest BCUT2D eigenvalue weighted by atomic mass is 32.1. The molecule has 1 N–H and O–H groups in total. The molecule has 7 heteroatoms. The highest BCUT2D eigenvalue weighted by Crippen LogP contribution is 2.40. The van der Waals surface area contributed by atoms with Crippen LogP contribution in [-0.2, 0) is 11.3 Å². The van der Waals surface area contributed by atoms with Gasteiger partial charge in [0.25, 0.3) is 11.5 Å². The minimum absolute atomic E-state index is 0.0151. The van der Waals surface area contributed by atoms with Gasteiger partial charge in [-0.2, -0.15) is 0 Å². The Hall–Kier alpha value is -3.19. The van der Waals surface area contributed by atoms with E-state index in [4.69, 9.17) is 0 Å². The zero-order chi connectivity index (χ0) is 21.5. The number of nitrogens with one attached hydrogen (secondary N) is 1. The molecule has 2 aliphatic heterocycles. The molecule has 2 bridgehead atoms. The number of anilines is 1. The molecule has 5 rings (SSSR count). The predicted molar refractivity (Wildman–Crippen MR) is 122 cm³/mol. The van der Waals surface area contributed by atoms with E-state index in [1.807, 2.05) is 57.3 Å². The maximum atomic E-state index is 13.0. The lowest BCUT2D eigenvalue weighted by atomic mass is 9.80. The molecule has 31 heavy (non-hydrogen) atoms. The van der Waals surface area contributed by atoms with Crippen LogP contribution in [0.3, 0.4) is 0 Å². The van der Waals surface area contributed by atoms with E-state index in [0.717, 1.165) is 33.8 Å². The molecule has 1 aromatic carbocycles. The van der Waals surface area contributed by atoms with Crippen LogP contribution in [0.25, 0.3) is 11.1 Å². The number of thiophene rings is 1. The Bertz CT molecular complexity index is 1200. The molecule has 1 saturated heterocycles. The van der Waals surface area contributed by atoms with Gasteiger partial charge < -0.3 is 14.8 Å². The number of nitrogens with zero attached hydrogens (tertiary/aromatic N) is 2. The van der Waals surface area contributed by atoms with Crippen molar-refractivity contribution in [2.45, 2.75) is 25.8 Å². The lowest BCUT2D eigenvalue weighted by Crippen LogP contribution is -2.49. The molecule has 4 heterocycles. The Labute approximate surface area is 184 Å². The van der Waals surface area contributed by atoms with Gasteiger partial charge >= 0.3 is 0 Å². The second-order valence-corrected chi connectivity index (χ2v) is 9.27. The minimum atomic E-state index is -0.111. The summed E-state index contributed by atoms with van der Waals surface area (Å²) in [5.74, 6) is 0.373. The average Bonchev–Trinajstić information content (AvgIpc) is 3.29. The van der Waals surface area contributed by atoms with Crippen LogP contribution >= 0.6 is 11.3 Å². The number of aromatic nitrogens is 1. The zero-order valence-corrected chi connectivity index (χ0v) is 18.0. The molecule has 0 spiro atoms. The van der Waals surface area contributed by atoms with Crippen LogP contribution in [0.4, 0.5) is 5.69 Å². The number of fused-ring (bicyclic) bond motifs is 4. The molecule has 2 aliphatic rings. The molecule has 0 radical (unpaired) electrons. The van der Waals surface area contributed by atoms with E-state index in [0.29, 0.717) is 19.6 Å². The summed E-state index contributed by atoms with van der Waals surface area (Å²) < 4.78 is 1.91. The number of amides is 2. The fourth-order valence-electron chi connectivity index (χ4n) is 4.92. The molecule has 1 fully saturated rings. The lowest BCUT2D eigenvalue weighted by molar-refractivity contribution is -0.114. The van der Waals surface area contributed by atoms with Crippen LogP contribution in [0, 0.1) is 5.92 Å². The summed E-state index contributed by atoms with van der Waals surface area (Å²) in [6.45, 7) is 3.43. The van der Waals surface area contributed by atoms with Crippen LogP contribution in [0.2, 0.25) is 0 Å². The van der Waals surface area contributed by atoms with Gasteiger partial charge in [0, 0.05) is 55.5 Å². The minimum Gasteiger partial charge on any atom is -0.337 e. The van der Waals surface area contributed by atoms with Gasteiger partial charge in [-0.15, -0.1) is 11.3 Å². The van der Waals surface area contributed by atoms with Crippen molar-refractivity contribution in [1.29, 1.82) is 0 Å². The molecule has 0 unspecified atom stereocenters. The summed E-state index contributed by atoms with van der Waals surface area (Å²) in [7, 11) is 0. The number of carbonyl (C=O) groups is 2. The first kappa shape index (κ1) is 19.8. The van der Waals surface area contributed by atoms with Crippen LogP contribution < -0.4 is 10.9 Å². The van der Waals surface area contributed by atoms with Crippen molar-refractivity contribution in [1.82, 2.24) is 9.47 Å². The van der Waals surface area contributed by atoms with Gasteiger partial charge in [-0.3, -0.25) is 14.4 Å². The molecule has 158 valence electrons. The largest absolute Gasteiger partial charge is 0.337 e. The summed E-state index contributed by atoms with van der Waals surface area (Å²) >= 11 is 1.47. The van der Waals surface area contributed by atoms with Crippen LogP contribution in [0.1, 0.15) is 34.6 Å². The summed E-state index contributed by atoms with van der Waals surface area (Å²) in [5, 5.41) is 4.71. The molecular formula is C24H23N3O3S. The Morgan fingerprint density at radius 1 is 1.03 bits per heavy atom. The number of carbonyl (C=O) groups excluding carboxylic acids is 2. The van der Waals surface area contributed by atoms with Crippen molar-refractivity contribution in [3.8, 4) is 11.1 Å². The van der Waals surface area contributed by atoms with Gasteiger partial charge in [0.2, 0.25) is 5.91 Å². The van der Waals surface area contributed by atoms with E-state index < -0.39 is 0 Å². The summed E-state index contributed by atoms with van der Waals surface area (Å²) in [6.07, 6.45) is 0.981. The fraction of sp³-hybridized carbons (Fsp3) is 0.292. The number of piperidine rings is 1. The monoisotopic (exact) mass is 433 g/mol. The van der Waals surface area contributed by atoms with Gasteiger partial charge in [-0.25, -0.2) is 0 Å². The van der Waals surface area contributed by atoms with Crippen molar-refractivity contribution in [3.63, 3.8) is 0 Å². The van der Waals surface area contributed by atoms with Crippen LogP contribution in [-0.4, -0.2) is 34.4 Å². The van der Waals surface area contributed by atoms with Crippen LogP contribution in [0.15, 0.2) is 58.7 Å². The molecule has 6 nitrogen and oxygen atoms in total. The van der Waals surface area contributed by atoms with E-state index in [1.54, 1.807) is 6.07 Å². The average molecular weight is 434 g/mol. The number of pyridine rings is 1. The standard InChI is InChI=1S/C24H23N3O3S/c1-15(28)25-19-6-4-17(5-7-19)20-8-9-22(29)27-13-16-11-18(23(20)27)14-26(12-16)24(30)21-3-2-10-31-21/h2-10,16,18H,11-14H2,1H3,(H,25,28)/t16-,18-/m0/s1. The molecule has 3 aromatic rings. The van der Waals surface area contributed by atoms with Gasteiger partial charge in [0.05, 0.1) is 4.88 Å². The summed E-state index contributed by atoms with van der Waals surface area (Å²) in [4.78, 5) is 39.7. The van der Waals surface area contributed by atoms with Gasteiger partial charge in [-0.05, 0) is 47.5 Å². The molecule has 0 saturated carbocycles. The zero-order valence-electron chi connectivity index (χ0n) is 17.2. The highest BCUT2D eigenvalue weighted by Gasteiger charge is 2.38. The SMILES string of the molecule is CC(=O)Nc1ccc(-c2ccc(=O)n3c2[C@H]2C[C@@H](CN(C(=O)c4cccs4)C2)C3)cc1. The van der Waals surface area contributed by atoms with Gasteiger partial charge in [0.1, 0.15) is 0 Å². The van der Waals surface area contributed by atoms with E-state index in [1.165, 1.54) is 18.3 Å². The van der Waals surface area contributed by atoms with E-state index >= 15 is 0 Å². The van der Waals surface area contributed by atoms with Crippen LogP contribution in [0.5, 0.6) is 0 Å². The van der Waals surface area contributed by atoms with Crippen molar-refractivity contribution in [2.24, 2.45) is 5.92 Å². The Morgan fingerprint density at radius 2 is 1.84 bits per heavy atom. The number of hydrogen-bond donors (Lipinski definition) is 1. The van der Waals surface area contributed by atoms with Crippen molar-refractivity contribution in [2.75, 3.05) is 18.4 Å². The van der Waals surface area contributed by atoms with E-state index in [2.05, 4.69) is 5.32 Å². The third-order valence-electron chi connectivity index (χ3n) is 6.13. The van der Waals surface area contributed by atoms with Crippen molar-refractivity contribution in [3.05, 3.63) is 74.8 Å². The van der Waals surface area contributed by atoms with Gasteiger partial charge in [-0.1, -0.05) is 18.2 Å². The fourth-order valence-corrected chi connectivity index (χ4v) is 5.61. The quantitative estimate of drug-likeness (QED) is 0.683. The first-order valence-corrected chi connectivity index (χ1v) is 11.3. The molecule has 0 aliphatic carbocycles. The third kappa shape index (κ3) is 3.70. The number of rotatable bonds is 3. The number of likely N-dealkylation sites (tertiary alicyclic amines) is 1. The third-order valence-corrected chi connectivity index (χ3v) is 6.98. The van der Waals surface area contributed by atoms with E-state index in [9.17, 15) is 14.4 Å². The number of benzene rings is 1. The molecular weight excluding hydrogens is 410 g/mol. The first-order chi connectivity index (χ1) is 15.0. The van der Waals surface area contributed by atoms with Crippen molar-refractivity contribution < 1.29 is 9.59 Å². The maximum Gasteiger partial charge on any atom is 0.263 e. The summed E-state index contributed by atoms with van der Waals surface area (Å²) in [5.41, 5.74) is 3.78. The van der Waals surface area contributed by atoms with E-state index in [-0.39, 0.29) is 29.2 Å². The first-order valence-electron chi connectivity index (χ1n) is 10.4. The second kappa shape index (κ2) is 7.81.